The van der Waals surface area contributed by atoms with Crippen LogP contribution in [-0.4, -0.2) is 48.2 Å². The lowest BCUT2D eigenvalue weighted by Crippen LogP contribution is -2.46. The van der Waals surface area contributed by atoms with E-state index in [1.807, 2.05) is 0 Å². The molecule has 0 radical (unpaired) electrons. The van der Waals surface area contributed by atoms with Crippen molar-refractivity contribution in [1.29, 1.82) is 0 Å². The smallest absolute Gasteiger partial charge is 0.311 e. The van der Waals surface area contributed by atoms with Gasteiger partial charge in [-0.05, 0) is 25.0 Å². The van der Waals surface area contributed by atoms with E-state index in [-0.39, 0.29) is 12.5 Å². The molecule has 0 bridgehead atoms. The van der Waals surface area contributed by atoms with Gasteiger partial charge in [0.15, 0.2) is 0 Å². The number of thioether (sulfide) groups is 1. The zero-order valence-electron chi connectivity index (χ0n) is 10.7. The first-order valence-electron chi connectivity index (χ1n) is 6.26. The Morgan fingerprint density at radius 3 is 2.61 bits per heavy atom. The lowest BCUT2D eigenvalue weighted by atomic mass is 9.80. The molecule has 1 saturated heterocycles. The lowest BCUT2D eigenvalue weighted by Gasteiger charge is -2.33. The molecule has 0 aromatic carbocycles. The molecule has 1 aliphatic heterocycles. The highest BCUT2D eigenvalue weighted by Gasteiger charge is 2.40. The molecule has 5 nitrogen and oxygen atoms in total. The fourth-order valence-electron chi connectivity index (χ4n) is 1.86. The minimum absolute atomic E-state index is 0.0828. The summed E-state index contributed by atoms with van der Waals surface area (Å²) in [5, 5.41) is 12.0. The molecule has 0 atom stereocenters. The topological polar surface area (TPSA) is 75.6 Å². The summed E-state index contributed by atoms with van der Waals surface area (Å²) in [7, 11) is 0. The molecule has 1 amide bonds. The number of amides is 1. The van der Waals surface area contributed by atoms with Crippen molar-refractivity contribution in [2.24, 2.45) is 5.41 Å². The fraction of sp³-hybridized carbons (Fsp3) is 0.833. The van der Waals surface area contributed by atoms with E-state index in [1.165, 1.54) is 0 Å². The van der Waals surface area contributed by atoms with E-state index in [2.05, 4.69) is 12.2 Å². The fourth-order valence-corrected chi connectivity index (χ4v) is 2.58. The number of carboxylic acids is 1. The average Bonchev–Trinajstić information content (AvgIpc) is 2.37. The Morgan fingerprint density at radius 1 is 1.39 bits per heavy atom. The number of ether oxygens (including phenoxy) is 1. The van der Waals surface area contributed by atoms with Crippen LogP contribution in [0.4, 0.5) is 0 Å². The molecular weight excluding hydrogens is 254 g/mol. The summed E-state index contributed by atoms with van der Waals surface area (Å²) in [6, 6.07) is 0. The maximum atomic E-state index is 11.6. The number of carbonyl (C=O) groups excluding carboxylic acids is 1. The first-order chi connectivity index (χ1) is 8.60. The molecule has 2 N–H and O–H groups in total. The number of hydrogen-bond acceptors (Lipinski definition) is 4. The molecule has 0 aliphatic carbocycles. The van der Waals surface area contributed by atoms with Crippen LogP contribution in [-0.2, 0) is 14.3 Å². The molecule has 1 rings (SSSR count). The summed E-state index contributed by atoms with van der Waals surface area (Å²) in [4.78, 5) is 22.9. The Bertz CT molecular complexity index is 290. The second-order valence-electron chi connectivity index (χ2n) is 4.53. The maximum absolute atomic E-state index is 11.6. The first-order valence-corrected chi connectivity index (χ1v) is 7.42. The Hall–Kier alpha value is -0.750. The Kier molecular flexibility index (Phi) is 6.49. The van der Waals surface area contributed by atoms with Crippen LogP contribution in [0.15, 0.2) is 0 Å². The molecule has 6 heteroatoms. The minimum atomic E-state index is -0.844. The molecule has 1 fully saturated rings. The number of carbonyl (C=O) groups is 2. The van der Waals surface area contributed by atoms with Gasteiger partial charge in [-0.3, -0.25) is 9.59 Å². The van der Waals surface area contributed by atoms with Crippen molar-refractivity contribution in [2.75, 3.05) is 31.3 Å². The van der Waals surface area contributed by atoms with Gasteiger partial charge in [0, 0.05) is 19.8 Å². The summed E-state index contributed by atoms with van der Waals surface area (Å²) in [5.74, 6) is 0.429. The Morgan fingerprint density at radius 2 is 2.06 bits per heavy atom. The number of nitrogens with one attached hydrogen (secondary N) is 1. The molecule has 0 unspecified atom stereocenters. The van der Waals surface area contributed by atoms with Crippen molar-refractivity contribution in [3.8, 4) is 0 Å². The predicted molar refractivity (Wildman–Crippen MR) is 70.7 cm³/mol. The molecule has 1 heterocycles. The average molecular weight is 275 g/mol. The summed E-state index contributed by atoms with van der Waals surface area (Å²) in [6.45, 7) is 3.17. The quantitative estimate of drug-likeness (QED) is 0.681. The van der Waals surface area contributed by atoms with Crippen molar-refractivity contribution < 1.29 is 19.4 Å². The van der Waals surface area contributed by atoms with E-state index in [1.54, 1.807) is 11.8 Å². The molecular formula is C12H21NO4S. The first kappa shape index (κ1) is 15.3. The van der Waals surface area contributed by atoms with E-state index in [9.17, 15) is 14.7 Å². The monoisotopic (exact) mass is 275 g/mol. The standard InChI is InChI=1S/C12H21NO4S/c1-2-7-18-8-10(14)13-9-12(11(15)16)3-5-17-6-4-12/h2-9H2,1H3,(H,13,14)(H,15,16). The van der Waals surface area contributed by atoms with Crippen LogP contribution in [0.5, 0.6) is 0 Å². The Labute approximate surface area is 112 Å². The van der Waals surface area contributed by atoms with Gasteiger partial charge < -0.3 is 15.2 Å². The van der Waals surface area contributed by atoms with Gasteiger partial charge in [0.1, 0.15) is 0 Å². The van der Waals surface area contributed by atoms with Crippen molar-refractivity contribution in [3.05, 3.63) is 0 Å². The second kappa shape index (κ2) is 7.63. The number of hydrogen-bond donors (Lipinski definition) is 2. The summed E-state index contributed by atoms with van der Waals surface area (Å²) >= 11 is 1.57. The van der Waals surface area contributed by atoms with E-state index in [4.69, 9.17) is 4.74 Å². The lowest BCUT2D eigenvalue weighted by molar-refractivity contribution is -0.154. The van der Waals surface area contributed by atoms with Gasteiger partial charge in [-0.2, -0.15) is 11.8 Å². The van der Waals surface area contributed by atoms with Crippen molar-refractivity contribution in [3.63, 3.8) is 0 Å². The highest BCUT2D eigenvalue weighted by atomic mass is 32.2. The highest BCUT2D eigenvalue weighted by molar-refractivity contribution is 7.99. The van der Waals surface area contributed by atoms with Crippen LogP contribution in [0.25, 0.3) is 0 Å². The molecule has 0 spiro atoms. The summed E-state index contributed by atoms with van der Waals surface area (Å²) in [5.41, 5.74) is -0.844. The van der Waals surface area contributed by atoms with Gasteiger partial charge >= 0.3 is 5.97 Å². The zero-order valence-corrected chi connectivity index (χ0v) is 11.6. The highest BCUT2D eigenvalue weighted by Crippen LogP contribution is 2.30. The zero-order chi connectivity index (χ0) is 13.4. The third-order valence-electron chi connectivity index (χ3n) is 3.11. The van der Waals surface area contributed by atoms with Crippen LogP contribution in [0, 0.1) is 5.41 Å². The van der Waals surface area contributed by atoms with Crippen molar-refractivity contribution in [1.82, 2.24) is 5.32 Å². The predicted octanol–water partition coefficient (Wildman–Crippen LogP) is 1.13. The van der Waals surface area contributed by atoms with Gasteiger partial charge in [0.05, 0.1) is 11.2 Å². The third kappa shape index (κ3) is 4.49. The van der Waals surface area contributed by atoms with Crippen LogP contribution in [0.1, 0.15) is 26.2 Å². The van der Waals surface area contributed by atoms with Crippen LogP contribution in [0.2, 0.25) is 0 Å². The normalized spacial score (nSPS) is 18.3. The molecule has 0 aromatic rings. The number of aliphatic carboxylic acids is 1. The van der Waals surface area contributed by atoms with Gasteiger partial charge in [-0.15, -0.1) is 0 Å². The van der Waals surface area contributed by atoms with Gasteiger partial charge in [-0.25, -0.2) is 0 Å². The van der Waals surface area contributed by atoms with Crippen LogP contribution >= 0.6 is 11.8 Å². The van der Waals surface area contributed by atoms with Crippen molar-refractivity contribution >= 4 is 23.6 Å². The molecule has 1 aliphatic rings. The number of carboxylic acid groups (broad SMARTS) is 1. The third-order valence-corrected chi connectivity index (χ3v) is 4.27. The largest absolute Gasteiger partial charge is 0.481 e. The maximum Gasteiger partial charge on any atom is 0.311 e. The van der Waals surface area contributed by atoms with Crippen LogP contribution in [0.3, 0.4) is 0 Å². The van der Waals surface area contributed by atoms with Gasteiger partial charge in [-0.1, -0.05) is 6.92 Å². The van der Waals surface area contributed by atoms with E-state index in [0.717, 1.165) is 12.2 Å². The van der Waals surface area contributed by atoms with E-state index < -0.39 is 11.4 Å². The number of rotatable bonds is 7. The second-order valence-corrected chi connectivity index (χ2v) is 5.63. The van der Waals surface area contributed by atoms with Crippen molar-refractivity contribution in [2.45, 2.75) is 26.2 Å². The molecule has 0 aromatic heterocycles. The van der Waals surface area contributed by atoms with Gasteiger partial charge in [0.2, 0.25) is 5.91 Å². The van der Waals surface area contributed by atoms with E-state index >= 15 is 0 Å². The Balaban J connectivity index is 2.38. The van der Waals surface area contributed by atoms with E-state index in [0.29, 0.717) is 31.8 Å². The van der Waals surface area contributed by atoms with Crippen LogP contribution < -0.4 is 5.32 Å². The molecule has 18 heavy (non-hydrogen) atoms. The molecule has 0 saturated carbocycles. The summed E-state index contributed by atoms with van der Waals surface area (Å²) < 4.78 is 5.18. The summed E-state index contributed by atoms with van der Waals surface area (Å²) in [6.07, 6.45) is 1.96. The minimum Gasteiger partial charge on any atom is -0.481 e. The SMILES string of the molecule is CCCSCC(=O)NCC1(C(=O)O)CCOCC1. The van der Waals surface area contributed by atoms with Gasteiger partial charge in [0.25, 0.3) is 0 Å². The molecule has 104 valence electrons.